The van der Waals surface area contributed by atoms with E-state index < -0.39 is 10.6 Å². The molecule has 0 aliphatic rings. The molecule has 0 aliphatic heterocycles. The number of nitro benzene ring substituents is 1. The van der Waals surface area contributed by atoms with Crippen molar-refractivity contribution < 1.29 is 4.92 Å². The zero-order valence-corrected chi connectivity index (χ0v) is 14.9. The van der Waals surface area contributed by atoms with Gasteiger partial charge in [-0.1, -0.05) is 29.1 Å². The Kier molecular flexibility index (Phi) is 5.11. The van der Waals surface area contributed by atoms with E-state index in [0.29, 0.717) is 0 Å². The molecule has 0 saturated heterocycles. The minimum atomic E-state index is -0.465. The molecule has 138 valence electrons. The molecule has 0 atom stereocenters. The Bertz CT molecular complexity index is 1020. The highest BCUT2D eigenvalue weighted by Crippen LogP contribution is 2.12. The van der Waals surface area contributed by atoms with Gasteiger partial charge in [-0.2, -0.15) is 5.10 Å². The van der Waals surface area contributed by atoms with E-state index in [1.54, 1.807) is 18.3 Å². The average molecular weight is 366 g/mol. The van der Waals surface area contributed by atoms with Gasteiger partial charge in [0.05, 0.1) is 17.7 Å². The fourth-order valence-electron chi connectivity index (χ4n) is 2.41. The maximum absolute atomic E-state index is 12.3. The molecule has 27 heavy (non-hydrogen) atoms. The number of nitro groups is 1. The molecule has 0 saturated carbocycles. The summed E-state index contributed by atoms with van der Waals surface area (Å²) in [7, 11) is 3.92. The van der Waals surface area contributed by atoms with Gasteiger partial charge in [0, 0.05) is 31.9 Å². The standard InChI is InChI=1S/C18H18N6O3/c1-21(2)16-7-3-14(4-8-16)11-19-23-18(25)22(13-20-23)12-15-5-9-17(10-6-15)24(26)27/h3-11,13H,12H2,1-2H3/b19-11+. The predicted molar refractivity (Wildman–Crippen MR) is 102 cm³/mol. The first-order chi connectivity index (χ1) is 12.9. The van der Waals surface area contributed by atoms with Crippen LogP contribution in [-0.2, 0) is 6.54 Å². The van der Waals surface area contributed by atoms with Crippen molar-refractivity contribution in [3.05, 3.63) is 86.6 Å². The molecule has 0 fully saturated rings. The van der Waals surface area contributed by atoms with Gasteiger partial charge in [0.15, 0.2) is 0 Å². The van der Waals surface area contributed by atoms with Gasteiger partial charge >= 0.3 is 5.69 Å². The fraction of sp³-hybridized carbons (Fsp3) is 0.167. The highest BCUT2D eigenvalue weighted by Gasteiger charge is 2.07. The van der Waals surface area contributed by atoms with Crippen molar-refractivity contribution in [2.75, 3.05) is 19.0 Å². The molecule has 0 amide bonds. The van der Waals surface area contributed by atoms with Crippen molar-refractivity contribution >= 4 is 17.6 Å². The molecule has 0 bridgehead atoms. The Labute approximate surface area is 154 Å². The third-order valence-electron chi connectivity index (χ3n) is 3.94. The summed E-state index contributed by atoms with van der Waals surface area (Å²) >= 11 is 0. The third-order valence-corrected chi connectivity index (χ3v) is 3.94. The molecule has 1 heterocycles. The molecule has 2 aromatic carbocycles. The maximum Gasteiger partial charge on any atom is 0.367 e. The minimum absolute atomic E-state index is 0.00618. The van der Waals surface area contributed by atoms with Crippen LogP contribution in [0.25, 0.3) is 0 Å². The van der Waals surface area contributed by atoms with Crippen LogP contribution in [0.3, 0.4) is 0 Å². The largest absolute Gasteiger partial charge is 0.378 e. The molecule has 0 radical (unpaired) electrons. The summed E-state index contributed by atoms with van der Waals surface area (Å²) in [5.41, 5.74) is 2.28. The summed E-state index contributed by atoms with van der Waals surface area (Å²) in [6, 6.07) is 13.7. The van der Waals surface area contributed by atoms with Gasteiger partial charge in [-0.3, -0.25) is 14.7 Å². The number of hydrogen-bond acceptors (Lipinski definition) is 6. The van der Waals surface area contributed by atoms with Gasteiger partial charge in [0.2, 0.25) is 0 Å². The van der Waals surface area contributed by atoms with Crippen LogP contribution in [0, 0.1) is 10.1 Å². The topological polar surface area (TPSA) is 98.6 Å². The SMILES string of the molecule is CN(C)c1ccc(/C=N/n2ncn(Cc3ccc([N+](=O)[O-])cc3)c2=O)cc1. The monoisotopic (exact) mass is 366 g/mol. The Balaban J connectivity index is 1.73. The van der Waals surface area contributed by atoms with Crippen LogP contribution < -0.4 is 10.6 Å². The summed E-state index contributed by atoms with van der Waals surface area (Å²) in [5.74, 6) is 0. The summed E-state index contributed by atoms with van der Waals surface area (Å²) < 4.78 is 1.38. The molecule has 9 nitrogen and oxygen atoms in total. The van der Waals surface area contributed by atoms with Crippen molar-refractivity contribution in [3.8, 4) is 0 Å². The number of benzene rings is 2. The van der Waals surface area contributed by atoms with Crippen molar-refractivity contribution in [1.82, 2.24) is 14.5 Å². The molecule has 0 N–H and O–H groups in total. The molecule has 0 unspecified atom stereocenters. The molecule has 3 aromatic rings. The first-order valence-electron chi connectivity index (χ1n) is 8.13. The molecular weight excluding hydrogens is 348 g/mol. The van der Waals surface area contributed by atoms with E-state index in [9.17, 15) is 14.9 Å². The quantitative estimate of drug-likeness (QED) is 0.377. The second-order valence-electron chi connectivity index (χ2n) is 6.08. The molecule has 0 aliphatic carbocycles. The molecule has 1 aromatic heterocycles. The first-order valence-corrected chi connectivity index (χ1v) is 8.13. The van der Waals surface area contributed by atoms with E-state index in [1.165, 1.54) is 23.0 Å². The highest BCUT2D eigenvalue weighted by atomic mass is 16.6. The van der Waals surface area contributed by atoms with Crippen LogP contribution in [0.1, 0.15) is 11.1 Å². The zero-order chi connectivity index (χ0) is 19.4. The predicted octanol–water partition coefficient (Wildman–Crippen LogP) is 1.95. The van der Waals surface area contributed by atoms with Crippen molar-refractivity contribution in [1.29, 1.82) is 0 Å². The number of nitrogens with zero attached hydrogens (tertiary/aromatic N) is 6. The second-order valence-corrected chi connectivity index (χ2v) is 6.08. The number of anilines is 1. The molecule has 0 spiro atoms. The van der Waals surface area contributed by atoms with E-state index in [0.717, 1.165) is 21.6 Å². The van der Waals surface area contributed by atoms with Crippen LogP contribution in [0.5, 0.6) is 0 Å². The Hall–Kier alpha value is -3.75. The normalized spacial score (nSPS) is 11.0. The smallest absolute Gasteiger partial charge is 0.367 e. The van der Waals surface area contributed by atoms with Crippen LogP contribution in [0.2, 0.25) is 0 Å². The lowest BCUT2D eigenvalue weighted by Crippen LogP contribution is -2.22. The first kappa shape index (κ1) is 18.1. The van der Waals surface area contributed by atoms with Gasteiger partial charge in [0.1, 0.15) is 6.33 Å². The van der Waals surface area contributed by atoms with E-state index in [-0.39, 0.29) is 12.2 Å². The molecular formula is C18H18N6O3. The van der Waals surface area contributed by atoms with Gasteiger partial charge in [-0.25, -0.2) is 4.79 Å². The van der Waals surface area contributed by atoms with E-state index >= 15 is 0 Å². The summed E-state index contributed by atoms with van der Waals surface area (Å²) in [6.45, 7) is 0.254. The number of non-ortho nitro benzene ring substituents is 1. The lowest BCUT2D eigenvalue weighted by Gasteiger charge is -2.11. The number of hydrogen-bond donors (Lipinski definition) is 0. The minimum Gasteiger partial charge on any atom is -0.378 e. The average Bonchev–Trinajstić information content (AvgIpc) is 3.00. The summed E-state index contributed by atoms with van der Waals surface area (Å²) in [6.07, 6.45) is 2.94. The zero-order valence-electron chi connectivity index (χ0n) is 14.9. The van der Waals surface area contributed by atoms with Crippen LogP contribution in [-0.4, -0.2) is 39.7 Å². The van der Waals surface area contributed by atoms with Crippen LogP contribution in [0.4, 0.5) is 11.4 Å². The van der Waals surface area contributed by atoms with E-state index in [1.807, 2.05) is 43.3 Å². The van der Waals surface area contributed by atoms with Gasteiger partial charge < -0.3 is 4.90 Å². The van der Waals surface area contributed by atoms with Crippen molar-refractivity contribution in [2.45, 2.75) is 6.54 Å². The fourth-order valence-corrected chi connectivity index (χ4v) is 2.41. The van der Waals surface area contributed by atoms with Crippen molar-refractivity contribution in [3.63, 3.8) is 0 Å². The van der Waals surface area contributed by atoms with Crippen LogP contribution >= 0.6 is 0 Å². The van der Waals surface area contributed by atoms with Gasteiger partial charge in [-0.15, -0.1) is 5.10 Å². The Morgan fingerprint density at radius 1 is 1.15 bits per heavy atom. The van der Waals surface area contributed by atoms with Gasteiger partial charge in [0.25, 0.3) is 5.69 Å². The summed E-state index contributed by atoms with van der Waals surface area (Å²) in [4.78, 5) is 25.6. The number of aromatic nitrogens is 3. The Morgan fingerprint density at radius 2 is 1.81 bits per heavy atom. The Morgan fingerprint density at radius 3 is 2.41 bits per heavy atom. The third kappa shape index (κ3) is 4.27. The van der Waals surface area contributed by atoms with Crippen molar-refractivity contribution in [2.24, 2.45) is 5.10 Å². The molecule has 9 heteroatoms. The van der Waals surface area contributed by atoms with E-state index in [4.69, 9.17) is 0 Å². The van der Waals surface area contributed by atoms with Crippen LogP contribution in [0.15, 0.2) is 64.8 Å². The highest BCUT2D eigenvalue weighted by molar-refractivity contribution is 5.80. The number of rotatable bonds is 6. The maximum atomic E-state index is 12.3. The lowest BCUT2D eigenvalue weighted by atomic mass is 10.2. The molecule has 3 rings (SSSR count). The lowest BCUT2D eigenvalue weighted by molar-refractivity contribution is -0.384. The van der Waals surface area contributed by atoms with E-state index in [2.05, 4.69) is 10.2 Å². The summed E-state index contributed by atoms with van der Waals surface area (Å²) in [5, 5.41) is 18.8. The second kappa shape index (κ2) is 7.65. The van der Waals surface area contributed by atoms with Gasteiger partial charge in [-0.05, 0) is 23.3 Å².